The highest BCUT2D eigenvalue weighted by Gasteiger charge is 2.24. The average Bonchev–Trinajstić information content (AvgIpc) is 2.41. The Bertz CT molecular complexity index is 417. The van der Waals surface area contributed by atoms with Crippen LogP contribution in [0.15, 0.2) is 24.3 Å². The van der Waals surface area contributed by atoms with E-state index >= 15 is 0 Å². The van der Waals surface area contributed by atoms with E-state index in [9.17, 15) is 4.79 Å². The van der Waals surface area contributed by atoms with Crippen molar-refractivity contribution in [1.82, 2.24) is 5.32 Å². The summed E-state index contributed by atoms with van der Waals surface area (Å²) in [5.41, 5.74) is 0.623. The molecule has 3 heteroatoms. The summed E-state index contributed by atoms with van der Waals surface area (Å²) in [5, 5.41) is 3.14. The van der Waals surface area contributed by atoms with Gasteiger partial charge in [-0.25, -0.2) is 0 Å². The number of amides is 1. The Hall–Kier alpha value is -1.51. The molecule has 0 spiro atoms. The number of benzene rings is 1. The minimum atomic E-state index is -0.0220. The van der Waals surface area contributed by atoms with Crippen LogP contribution in [-0.4, -0.2) is 19.1 Å². The third-order valence-electron chi connectivity index (χ3n) is 3.78. The number of hydrogen-bond acceptors (Lipinski definition) is 2. The summed E-state index contributed by atoms with van der Waals surface area (Å²) in [7, 11) is 1.59. The number of carbonyl (C=O) groups is 1. The molecule has 2 rings (SSSR count). The zero-order chi connectivity index (χ0) is 13.0. The third-order valence-corrected chi connectivity index (χ3v) is 3.78. The fourth-order valence-electron chi connectivity index (χ4n) is 2.61. The van der Waals surface area contributed by atoms with E-state index in [1.807, 2.05) is 24.3 Å². The Morgan fingerprint density at radius 2 is 2.00 bits per heavy atom. The fourth-order valence-corrected chi connectivity index (χ4v) is 2.61. The molecular weight excluding hydrogens is 226 g/mol. The number of ether oxygens (including phenoxy) is 1. The van der Waals surface area contributed by atoms with Crippen molar-refractivity contribution in [3.8, 4) is 5.75 Å². The van der Waals surface area contributed by atoms with Gasteiger partial charge >= 0.3 is 0 Å². The summed E-state index contributed by atoms with van der Waals surface area (Å²) in [6, 6.07) is 7.66. The second-order valence-corrected chi connectivity index (χ2v) is 5.04. The second-order valence-electron chi connectivity index (χ2n) is 5.04. The highest BCUT2D eigenvalue weighted by atomic mass is 16.5. The zero-order valence-electron chi connectivity index (χ0n) is 11.1. The number of hydrogen-bond donors (Lipinski definition) is 1. The van der Waals surface area contributed by atoms with Gasteiger partial charge in [0, 0.05) is 6.04 Å². The normalized spacial score (nSPS) is 23.4. The average molecular weight is 247 g/mol. The van der Waals surface area contributed by atoms with Crippen molar-refractivity contribution in [3.63, 3.8) is 0 Å². The van der Waals surface area contributed by atoms with Gasteiger partial charge in [-0.3, -0.25) is 4.79 Å². The topological polar surface area (TPSA) is 38.3 Å². The maximum Gasteiger partial charge on any atom is 0.255 e. The Morgan fingerprint density at radius 3 is 2.72 bits per heavy atom. The first-order chi connectivity index (χ1) is 8.72. The van der Waals surface area contributed by atoms with E-state index in [2.05, 4.69) is 12.2 Å². The van der Waals surface area contributed by atoms with Crippen LogP contribution in [0.3, 0.4) is 0 Å². The summed E-state index contributed by atoms with van der Waals surface area (Å²) in [5.74, 6) is 1.18. The van der Waals surface area contributed by atoms with Gasteiger partial charge in [-0.1, -0.05) is 31.9 Å². The molecule has 0 bridgehead atoms. The van der Waals surface area contributed by atoms with Crippen molar-refractivity contribution >= 4 is 5.91 Å². The van der Waals surface area contributed by atoms with Gasteiger partial charge in [0.15, 0.2) is 0 Å². The molecule has 1 amide bonds. The van der Waals surface area contributed by atoms with Crippen LogP contribution in [0, 0.1) is 5.92 Å². The molecule has 0 heterocycles. The summed E-state index contributed by atoms with van der Waals surface area (Å²) in [6.45, 7) is 2.21. The highest BCUT2D eigenvalue weighted by Crippen LogP contribution is 2.25. The molecule has 1 aliphatic rings. The van der Waals surface area contributed by atoms with Crippen molar-refractivity contribution in [2.45, 2.75) is 38.6 Å². The van der Waals surface area contributed by atoms with Crippen molar-refractivity contribution in [3.05, 3.63) is 29.8 Å². The van der Waals surface area contributed by atoms with Crippen molar-refractivity contribution in [1.29, 1.82) is 0 Å². The van der Waals surface area contributed by atoms with E-state index < -0.39 is 0 Å². The molecule has 3 nitrogen and oxygen atoms in total. The molecule has 1 N–H and O–H groups in total. The number of methoxy groups -OCH3 is 1. The number of carbonyl (C=O) groups excluding carboxylic acids is 1. The van der Waals surface area contributed by atoms with E-state index in [1.54, 1.807) is 7.11 Å². The summed E-state index contributed by atoms with van der Waals surface area (Å²) in [4.78, 5) is 12.2. The molecule has 1 fully saturated rings. The van der Waals surface area contributed by atoms with Gasteiger partial charge in [0.05, 0.1) is 12.7 Å². The molecule has 1 aromatic carbocycles. The van der Waals surface area contributed by atoms with Gasteiger partial charge in [0.2, 0.25) is 0 Å². The predicted molar refractivity (Wildman–Crippen MR) is 71.9 cm³/mol. The van der Waals surface area contributed by atoms with Crippen LogP contribution in [0.25, 0.3) is 0 Å². The van der Waals surface area contributed by atoms with Gasteiger partial charge in [-0.15, -0.1) is 0 Å². The number of nitrogens with one attached hydrogen (secondary N) is 1. The van der Waals surface area contributed by atoms with Crippen molar-refractivity contribution in [2.75, 3.05) is 7.11 Å². The standard InChI is InChI=1S/C15H21NO2/c1-11-7-3-5-9-13(11)16-15(17)12-8-4-6-10-14(12)18-2/h4,6,8,10-11,13H,3,5,7,9H2,1-2H3,(H,16,17)/t11-,13+/m0/s1. The Kier molecular flexibility index (Phi) is 4.24. The lowest BCUT2D eigenvalue weighted by Crippen LogP contribution is -2.41. The van der Waals surface area contributed by atoms with Crippen LogP contribution in [0.4, 0.5) is 0 Å². The van der Waals surface area contributed by atoms with E-state index in [4.69, 9.17) is 4.74 Å². The Morgan fingerprint density at radius 1 is 1.28 bits per heavy atom. The van der Waals surface area contributed by atoms with Crippen LogP contribution in [0.2, 0.25) is 0 Å². The SMILES string of the molecule is COc1ccccc1C(=O)N[C@@H]1CCCC[C@@H]1C. The monoisotopic (exact) mass is 247 g/mol. The molecule has 0 unspecified atom stereocenters. The van der Waals surface area contributed by atoms with Crippen LogP contribution >= 0.6 is 0 Å². The molecule has 1 saturated carbocycles. The van der Waals surface area contributed by atoms with Crippen LogP contribution in [0.1, 0.15) is 43.0 Å². The maximum absolute atomic E-state index is 12.2. The van der Waals surface area contributed by atoms with E-state index in [0.29, 0.717) is 23.3 Å². The van der Waals surface area contributed by atoms with Crippen molar-refractivity contribution in [2.24, 2.45) is 5.92 Å². The molecule has 0 aliphatic heterocycles. The van der Waals surface area contributed by atoms with Gasteiger partial charge in [0.25, 0.3) is 5.91 Å². The summed E-state index contributed by atoms with van der Waals surface area (Å²) < 4.78 is 5.22. The predicted octanol–water partition coefficient (Wildman–Crippen LogP) is 3.00. The van der Waals surface area contributed by atoms with Crippen LogP contribution < -0.4 is 10.1 Å². The zero-order valence-corrected chi connectivity index (χ0v) is 11.1. The first-order valence-electron chi connectivity index (χ1n) is 6.66. The molecule has 1 aliphatic carbocycles. The lowest BCUT2D eigenvalue weighted by atomic mass is 9.86. The largest absolute Gasteiger partial charge is 0.496 e. The molecule has 18 heavy (non-hydrogen) atoms. The molecule has 1 aromatic rings. The van der Waals surface area contributed by atoms with E-state index in [1.165, 1.54) is 19.3 Å². The molecule has 0 radical (unpaired) electrons. The van der Waals surface area contributed by atoms with Crippen LogP contribution in [-0.2, 0) is 0 Å². The lowest BCUT2D eigenvalue weighted by Gasteiger charge is -2.29. The summed E-state index contributed by atoms with van der Waals surface area (Å²) >= 11 is 0. The minimum Gasteiger partial charge on any atom is -0.496 e. The van der Waals surface area contributed by atoms with Crippen molar-refractivity contribution < 1.29 is 9.53 Å². The van der Waals surface area contributed by atoms with E-state index in [0.717, 1.165) is 6.42 Å². The highest BCUT2D eigenvalue weighted by molar-refractivity contribution is 5.97. The third kappa shape index (κ3) is 2.84. The lowest BCUT2D eigenvalue weighted by molar-refractivity contribution is 0.0907. The summed E-state index contributed by atoms with van der Waals surface area (Å²) in [6.07, 6.45) is 4.78. The Labute approximate surface area is 109 Å². The first kappa shape index (κ1) is 12.9. The maximum atomic E-state index is 12.2. The van der Waals surface area contributed by atoms with Crippen LogP contribution in [0.5, 0.6) is 5.75 Å². The van der Waals surface area contributed by atoms with Gasteiger partial charge in [-0.05, 0) is 30.9 Å². The number of para-hydroxylation sites is 1. The van der Waals surface area contributed by atoms with Gasteiger partial charge in [-0.2, -0.15) is 0 Å². The Balaban J connectivity index is 2.07. The molecule has 0 saturated heterocycles. The molecule has 98 valence electrons. The fraction of sp³-hybridized carbons (Fsp3) is 0.533. The number of rotatable bonds is 3. The first-order valence-corrected chi connectivity index (χ1v) is 6.66. The quantitative estimate of drug-likeness (QED) is 0.891. The molecule has 0 aromatic heterocycles. The molecule has 2 atom stereocenters. The van der Waals surface area contributed by atoms with E-state index in [-0.39, 0.29) is 5.91 Å². The molecular formula is C15H21NO2. The second kappa shape index (κ2) is 5.89. The minimum absolute atomic E-state index is 0.0220. The smallest absolute Gasteiger partial charge is 0.255 e. The van der Waals surface area contributed by atoms with Gasteiger partial charge in [0.1, 0.15) is 5.75 Å². The van der Waals surface area contributed by atoms with Gasteiger partial charge < -0.3 is 10.1 Å².